The fourth-order valence-corrected chi connectivity index (χ4v) is 1.57. The van der Waals surface area contributed by atoms with E-state index in [1.165, 1.54) is 11.3 Å². The number of hydrogen-bond donors (Lipinski definition) is 1. The number of aromatic nitrogens is 2. The summed E-state index contributed by atoms with van der Waals surface area (Å²) in [5, 5.41) is 8.73. The molecule has 6 heteroatoms. The first kappa shape index (κ1) is 8.89. The van der Waals surface area contributed by atoms with Crippen molar-refractivity contribution < 1.29 is 14.3 Å². The number of oxazole rings is 1. The highest BCUT2D eigenvalue weighted by molar-refractivity contribution is 7.13. The lowest BCUT2D eigenvalue weighted by atomic mass is 10.4. The van der Waals surface area contributed by atoms with Crippen LogP contribution in [0.2, 0.25) is 0 Å². The molecule has 0 saturated heterocycles. The van der Waals surface area contributed by atoms with Crippen LogP contribution in [0.25, 0.3) is 10.8 Å². The van der Waals surface area contributed by atoms with E-state index in [-0.39, 0.29) is 5.76 Å². The minimum Gasteiger partial charge on any atom is -0.475 e. The maximum atomic E-state index is 10.7. The van der Waals surface area contributed by atoms with Gasteiger partial charge in [-0.2, -0.15) is 0 Å². The van der Waals surface area contributed by atoms with E-state index in [0.717, 1.165) is 4.88 Å². The Bertz CT molecular complexity index is 461. The number of aryl methyl sites for hydroxylation is 1. The van der Waals surface area contributed by atoms with Gasteiger partial charge in [0, 0.05) is 0 Å². The summed E-state index contributed by atoms with van der Waals surface area (Å²) in [6.45, 7) is 1.59. The molecule has 0 fully saturated rings. The Kier molecular flexibility index (Phi) is 2.05. The minimum absolute atomic E-state index is 0.117. The van der Waals surface area contributed by atoms with Crippen LogP contribution in [0.3, 0.4) is 0 Å². The molecule has 2 heterocycles. The molecular weight excluding hydrogens is 204 g/mol. The second-order valence-corrected chi connectivity index (χ2v) is 3.49. The summed E-state index contributed by atoms with van der Waals surface area (Å²) < 4.78 is 5.08. The van der Waals surface area contributed by atoms with Crippen LogP contribution in [0.4, 0.5) is 0 Å². The van der Waals surface area contributed by atoms with Gasteiger partial charge in [0.15, 0.2) is 0 Å². The van der Waals surface area contributed by atoms with E-state index >= 15 is 0 Å². The number of rotatable bonds is 2. The Morgan fingerprint density at radius 1 is 1.64 bits per heavy atom. The number of aromatic carboxylic acids is 1. The molecule has 2 aromatic rings. The zero-order valence-corrected chi connectivity index (χ0v) is 8.04. The van der Waals surface area contributed by atoms with Crippen molar-refractivity contribution in [3.8, 4) is 10.8 Å². The summed E-state index contributed by atoms with van der Waals surface area (Å²) in [4.78, 5) is 19.2. The van der Waals surface area contributed by atoms with E-state index in [4.69, 9.17) is 9.52 Å². The molecule has 0 bridgehead atoms. The molecule has 0 spiro atoms. The van der Waals surface area contributed by atoms with Crippen LogP contribution in [0, 0.1) is 6.92 Å². The number of nitrogens with zero attached hydrogens (tertiary/aromatic N) is 2. The highest BCUT2D eigenvalue weighted by Gasteiger charge is 2.17. The van der Waals surface area contributed by atoms with Gasteiger partial charge in [-0.3, -0.25) is 4.98 Å². The van der Waals surface area contributed by atoms with Crippen LogP contribution in [0.5, 0.6) is 0 Å². The number of carboxylic acid groups (broad SMARTS) is 1. The first-order chi connectivity index (χ1) is 6.68. The van der Waals surface area contributed by atoms with Crippen molar-refractivity contribution in [1.29, 1.82) is 0 Å². The molecule has 5 nitrogen and oxygen atoms in total. The lowest BCUT2D eigenvalue weighted by Gasteiger charge is -1.85. The summed E-state index contributed by atoms with van der Waals surface area (Å²) in [6.07, 6.45) is 1.58. The van der Waals surface area contributed by atoms with Gasteiger partial charge in [-0.1, -0.05) is 0 Å². The molecule has 2 rings (SSSR count). The van der Waals surface area contributed by atoms with Crippen LogP contribution >= 0.6 is 11.3 Å². The normalized spacial score (nSPS) is 10.4. The summed E-state index contributed by atoms with van der Waals surface area (Å²) >= 11 is 1.35. The third-order valence-corrected chi connectivity index (χ3v) is 2.40. The predicted molar refractivity (Wildman–Crippen MR) is 49.3 cm³/mol. The van der Waals surface area contributed by atoms with Crippen LogP contribution in [0.1, 0.15) is 16.2 Å². The van der Waals surface area contributed by atoms with Gasteiger partial charge in [-0.05, 0) is 6.92 Å². The molecule has 1 N–H and O–H groups in total. The largest absolute Gasteiger partial charge is 0.475 e. The van der Waals surface area contributed by atoms with Crippen molar-refractivity contribution in [2.24, 2.45) is 0 Å². The summed E-state index contributed by atoms with van der Waals surface area (Å²) in [7, 11) is 0. The highest BCUT2D eigenvalue weighted by Crippen LogP contribution is 2.24. The van der Waals surface area contributed by atoms with E-state index < -0.39 is 5.97 Å². The van der Waals surface area contributed by atoms with Crippen molar-refractivity contribution in [3.63, 3.8) is 0 Å². The van der Waals surface area contributed by atoms with Crippen molar-refractivity contribution in [1.82, 2.24) is 9.97 Å². The SMILES string of the molecule is Cc1nc(-c2cncs2)oc1C(=O)O. The van der Waals surface area contributed by atoms with Gasteiger partial charge < -0.3 is 9.52 Å². The first-order valence-corrected chi connectivity index (χ1v) is 4.66. The molecule has 0 unspecified atom stereocenters. The lowest BCUT2D eigenvalue weighted by molar-refractivity contribution is 0.0662. The zero-order valence-electron chi connectivity index (χ0n) is 7.22. The van der Waals surface area contributed by atoms with Crippen molar-refractivity contribution >= 4 is 17.3 Å². The van der Waals surface area contributed by atoms with E-state index in [1.54, 1.807) is 18.6 Å². The second kappa shape index (κ2) is 3.22. The Balaban J connectivity index is 2.48. The van der Waals surface area contributed by atoms with E-state index in [2.05, 4.69) is 9.97 Å². The summed E-state index contributed by atoms with van der Waals surface area (Å²) in [5.41, 5.74) is 2.01. The van der Waals surface area contributed by atoms with E-state index in [1.807, 2.05) is 0 Å². The van der Waals surface area contributed by atoms with Crippen molar-refractivity contribution in [3.05, 3.63) is 23.2 Å². The summed E-state index contributed by atoms with van der Waals surface area (Å²) in [5.74, 6) is -0.915. The molecule has 14 heavy (non-hydrogen) atoms. The second-order valence-electron chi connectivity index (χ2n) is 2.60. The van der Waals surface area contributed by atoms with Crippen LogP contribution in [-0.4, -0.2) is 21.0 Å². The Morgan fingerprint density at radius 2 is 2.43 bits per heavy atom. The molecule has 72 valence electrons. The minimum atomic E-state index is -1.11. The summed E-state index contributed by atoms with van der Waals surface area (Å²) in [6, 6.07) is 0. The molecule has 0 aromatic carbocycles. The van der Waals surface area contributed by atoms with Gasteiger partial charge in [-0.25, -0.2) is 9.78 Å². The van der Waals surface area contributed by atoms with Crippen LogP contribution < -0.4 is 0 Å². The Labute approximate surface area is 83.0 Å². The average molecular weight is 210 g/mol. The molecule has 0 amide bonds. The monoisotopic (exact) mass is 210 g/mol. The number of carbonyl (C=O) groups is 1. The first-order valence-electron chi connectivity index (χ1n) is 3.78. The lowest BCUT2D eigenvalue weighted by Crippen LogP contribution is -1.95. The van der Waals surface area contributed by atoms with Gasteiger partial charge in [-0.15, -0.1) is 11.3 Å². The van der Waals surface area contributed by atoms with Crippen LogP contribution in [0.15, 0.2) is 16.1 Å². The maximum Gasteiger partial charge on any atom is 0.373 e. The number of hydrogen-bond acceptors (Lipinski definition) is 5. The van der Waals surface area contributed by atoms with E-state index in [0.29, 0.717) is 11.6 Å². The third kappa shape index (κ3) is 1.39. The molecule has 2 aromatic heterocycles. The molecule has 0 atom stereocenters. The van der Waals surface area contributed by atoms with Gasteiger partial charge in [0.05, 0.1) is 17.4 Å². The van der Waals surface area contributed by atoms with Gasteiger partial charge in [0.2, 0.25) is 11.7 Å². The fraction of sp³-hybridized carbons (Fsp3) is 0.125. The van der Waals surface area contributed by atoms with Crippen molar-refractivity contribution in [2.75, 3.05) is 0 Å². The number of thiazole rings is 1. The topological polar surface area (TPSA) is 76.2 Å². The standard InChI is InChI=1S/C8H6N2O3S/c1-4-6(8(11)12)13-7(10-4)5-2-9-3-14-5/h2-3H,1H3,(H,11,12). The third-order valence-electron chi connectivity index (χ3n) is 1.63. The van der Waals surface area contributed by atoms with Gasteiger partial charge in [0.1, 0.15) is 4.88 Å². The zero-order chi connectivity index (χ0) is 10.1. The molecule has 0 aliphatic rings. The molecule has 0 saturated carbocycles. The van der Waals surface area contributed by atoms with Gasteiger partial charge >= 0.3 is 5.97 Å². The quantitative estimate of drug-likeness (QED) is 0.817. The smallest absolute Gasteiger partial charge is 0.373 e. The van der Waals surface area contributed by atoms with E-state index in [9.17, 15) is 4.79 Å². The Morgan fingerprint density at radius 3 is 2.93 bits per heavy atom. The van der Waals surface area contributed by atoms with Crippen molar-refractivity contribution in [2.45, 2.75) is 6.92 Å². The van der Waals surface area contributed by atoms with Gasteiger partial charge in [0.25, 0.3) is 0 Å². The van der Waals surface area contributed by atoms with Crippen LogP contribution in [-0.2, 0) is 0 Å². The Hall–Kier alpha value is -1.69. The average Bonchev–Trinajstić information content (AvgIpc) is 2.70. The fourth-order valence-electron chi connectivity index (χ4n) is 1.02. The molecule has 0 radical (unpaired) electrons. The molecule has 0 aliphatic heterocycles. The maximum absolute atomic E-state index is 10.7. The molecule has 0 aliphatic carbocycles. The predicted octanol–water partition coefficient (Wildman–Crippen LogP) is 1.80. The molecular formula is C8H6N2O3S. The number of carboxylic acids is 1. The highest BCUT2D eigenvalue weighted by atomic mass is 32.1.